The molecule has 57 heavy (non-hydrogen) atoms. The summed E-state index contributed by atoms with van der Waals surface area (Å²) in [6.45, 7) is 1.64. The summed E-state index contributed by atoms with van der Waals surface area (Å²) < 4.78 is 128. The number of nitrogens with zero attached hydrogens (tertiary/aromatic N) is 4. The Balaban J connectivity index is 1.53. The molecule has 300 valence electrons. The molecule has 20 heteroatoms. The maximum Gasteiger partial charge on any atom is 0.429 e. The summed E-state index contributed by atoms with van der Waals surface area (Å²) >= 11 is 6.53. The maximum atomic E-state index is 15.2. The van der Waals surface area contributed by atoms with Crippen LogP contribution in [0.3, 0.4) is 0 Å². The Kier molecular flexibility index (Phi) is 10.6. The van der Waals surface area contributed by atoms with Crippen LogP contribution in [-0.2, 0) is 21.9 Å². The fourth-order valence-corrected chi connectivity index (χ4v) is 7.41. The van der Waals surface area contributed by atoms with Crippen molar-refractivity contribution in [3.63, 3.8) is 0 Å². The number of pyridine rings is 1. The van der Waals surface area contributed by atoms with Crippen LogP contribution in [0.2, 0.25) is 5.02 Å². The number of sulfonamides is 1. The van der Waals surface area contributed by atoms with Crippen molar-refractivity contribution in [2.75, 3.05) is 17.5 Å². The number of amides is 1. The SMILES string of the molecule is Cn1nc(NS(C)(=O)=O)c2c(Cl)ccc(-c3ccc(C#CC(C)(C)O)nc3C(=Cc3cc(F)cc(F)c3)NC(=O)CN=C3C(C(=N)C(F)(F)F)C4CC4C3(F)F)c21. The normalized spacial score (nSPS) is 19.9. The minimum absolute atomic E-state index is 0.00494. The van der Waals surface area contributed by atoms with Gasteiger partial charge in [0.1, 0.15) is 35.2 Å². The molecule has 0 saturated heterocycles. The van der Waals surface area contributed by atoms with E-state index in [1.807, 2.05) is 0 Å². The molecule has 2 aromatic heterocycles. The second-order valence-electron chi connectivity index (χ2n) is 14.1. The van der Waals surface area contributed by atoms with Gasteiger partial charge in [0.2, 0.25) is 15.9 Å². The van der Waals surface area contributed by atoms with E-state index in [1.54, 1.807) is 0 Å². The Bertz CT molecular complexity index is 2570. The monoisotopic (exact) mass is 837 g/mol. The smallest absolute Gasteiger partial charge is 0.378 e. The molecule has 2 fully saturated rings. The van der Waals surface area contributed by atoms with Gasteiger partial charge in [-0.1, -0.05) is 23.6 Å². The van der Waals surface area contributed by atoms with E-state index < -0.39 is 81.0 Å². The van der Waals surface area contributed by atoms with Crippen LogP contribution in [-0.4, -0.2) is 76.1 Å². The van der Waals surface area contributed by atoms with Crippen LogP contribution in [0.4, 0.5) is 36.6 Å². The average molecular weight is 838 g/mol. The first-order valence-electron chi connectivity index (χ1n) is 16.8. The molecule has 2 aromatic carbocycles. The first kappa shape index (κ1) is 41.3. The van der Waals surface area contributed by atoms with Crippen molar-refractivity contribution < 1.29 is 49.1 Å². The molecule has 2 aliphatic carbocycles. The minimum atomic E-state index is -5.22. The number of anilines is 1. The third-order valence-electron chi connectivity index (χ3n) is 9.01. The number of benzene rings is 2. The van der Waals surface area contributed by atoms with Gasteiger partial charge >= 0.3 is 6.18 Å². The van der Waals surface area contributed by atoms with Gasteiger partial charge in [-0.05, 0) is 74.1 Å². The van der Waals surface area contributed by atoms with Crippen LogP contribution in [0.5, 0.6) is 0 Å². The average Bonchev–Trinajstić information content (AvgIpc) is 3.76. The Hall–Kier alpha value is -5.32. The fraction of sp³-hybridized carbons (Fsp3) is 0.324. The zero-order valence-electron chi connectivity index (χ0n) is 30.2. The number of alkyl halides is 5. The molecule has 0 bridgehead atoms. The molecule has 4 aromatic rings. The number of fused-ring (bicyclic) bond motifs is 2. The molecule has 11 nitrogen and oxygen atoms in total. The van der Waals surface area contributed by atoms with E-state index in [1.165, 1.54) is 49.8 Å². The third kappa shape index (κ3) is 8.82. The number of halogens is 8. The molecular weight excluding hydrogens is 807 g/mol. The molecule has 4 N–H and O–H groups in total. The van der Waals surface area contributed by atoms with E-state index in [0.29, 0.717) is 6.07 Å². The molecule has 0 aliphatic heterocycles. The first-order chi connectivity index (χ1) is 26.3. The fourth-order valence-electron chi connectivity index (χ4n) is 6.68. The lowest BCUT2D eigenvalue weighted by molar-refractivity contribution is -0.118. The third-order valence-corrected chi connectivity index (χ3v) is 9.88. The van der Waals surface area contributed by atoms with E-state index >= 15 is 8.78 Å². The number of aromatic nitrogens is 3. The lowest BCUT2D eigenvalue weighted by Crippen LogP contribution is -2.40. The van der Waals surface area contributed by atoms with Gasteiger partial charge in [-0.2, -0.15) is 27.1 Å². The Morgan fingerprint density at radius 2 is 1.79 bits per heavy atom. The van der Waals surface area contributed by atoms with Gasteiger partial charge in [0.05, 0.1) is 45.2 Å². The molecule has 0 radical (unpaired) electrons. The highest BCUT2D eigenvalue weighted by Crippen LogP contribution is 2.62. The molecule has 0 spiro atoms. The summed E-state index contributed by atoms with van der Waals surface area (Å²) in [5, 5.41) is 24.8. The number of aryl methyl sites for hydroxylation is 1. The van der Waals surface area contributed by atoms with E-state index in [2.05, 4.69) is 37.0 Å². The molecule has 6 rings (SSSR count). The number of hydrogen-bond donors (Lipinski definition) is 4. The number of hydrogen-bond acceptors (Lipinski definition) is 8. The molecule has 2 saturated carbocycles. The molecule has 1 amide bonds. The summed E-state index contributed by atoms with van der Waals surface area (Å²) in [5.74, 6) is -6.59. The first-order valence-corrected chi connectivity index (χ1v) is 19.1. The van der Waals surface area contributed by atoms with Crippen LogP contribution in [0.1, 0.15) is 37.2 Å². The zero-order chi connectivity index (χ0) is 42.0. The van der Waals surface area contributed by atoms with Gasteiger partial charge in [-0.15, -0.1) is 0 Å². The van der Waals surface area contributed by atoms with Crippen LogP contribution in [0.15, 0.2) is 47.5 Å². The number of aliphatic imine (C=N–C) groups is 1. The van der Waals surface area contributed by atoms with E-state index in [-0.39, 0.29) is 61.9 Å². The van der Waals surface area contributed by atoms with Crippen molar-refractivity contribution in [3.8, 4) is 23.0 Å². The predicted octanol–water partition coefficient (Wildman–Crippen LogP) is 6.60. The molecule has 2 aliphatic rings. The van der Waals surface area contributed by atoms with E-state index in [4.69, 9.17) is 17.0 Å². The van der Waals surface area contributed by atoms with Crippen molar-refractivity contribution in [2.45, 2.75) is 38.0 Å². The summed E-state index contributed by atoms with van der Waals surface area (Å²) in [6.07, 6.45) is -3.48. The highest BCUT2D eigenvalue weighted by molar-refractivity contribution is 7.92. The number of nitrogens with one attached hydrogen (secondary N) is 3. The Morgan fingerprint density at radius 1 is 1.14 bits per heavy atom. The van der Waals surface area contributed by atoms with Crippen molar-refractivity contribution in [2.24, 2.45) is 29.8 Å². The van der Waals surface area contributed by atoms with E-state index in [9.17, 15) is 40.3 Å². The van der Waals surface area contributed by atoms with Crippen LogP contribution in [0.25, 0.3) is 33.8 Å². The predicted molar refractivity (Wildman–Crippen MR) is 199 cm³/mol. The lowest BCUT2D eigenvalue weighted by Gasteiger charge is -2.21. The molecular formula is C37H31ClF7N7O4S. The van der Waals surface area contributed by atoms with Crippen molar-refractivity contribution in [3.05, 3.63) is 76.1 Å². The highest BCUT2D eigenvalue weighted by atomic mass is 35.5. The highest BCUT2D eigenvalue weighted by Gasteiger charge is 2.71. The molecule has 3 atom stereocenters. The van der Waals surface area contributed by atoms with Gasteiger partial charge in [0, 0.05) is 30.2 Å². The van der Waals surface area contributed by atoms with Gasteiger partial charge in [-0.3, -0.25) is 24.6 Å². The summed E-state index contributed by atoms with van der Waals surface area (Å²) in [7, 11) is -2.38. The van der Waals surface area contributed by atoms with Crippen LogP contribution in [0, 0.1) is 46.6 Å². The maximum absolute atomic E-state index is 15.2. The Morgan fingerprint density at radius 3 is 2.40 bits per heavy atom. The second-order valence-corrected chi connectivity index (χ2v) is 16.3. The molecule has 3 unspecified atom stereocenters. The number of carbonyl (C=O) groups excluding carboxylic acids is 1. The topological polar surface area (TPSA) is 162 Å². The summed E-state index contributed by atoms with van der Waals surface area (Å²) in [5.41, 5.74) is -4.68. The van der Waals surface area contributed by atoms with Crippen molar-refractivity contribution in [1.29, 1.82) is 5.41 Å². The standard InChI is InChI=1S/C37H31ClF7N7O4S/c1-35(2,54)10-9-20-5-6-21(22-7-8-25(38)29-31(22)52(3)50-34(29)51-57(4,55)56)30(48-20)26(13-17-11-18(39)14-19(40)12-17)49-27(53)16-47-33-28(32(46)37(43,44)45)23-15-24(23)36(33,41)42/h5-8,11-14,23-24,28,46,54H,15-16H2,1-4H3,(H,49,53)(H,50,51). The Labute approximate surface area is 325 Å². The minimum Gasteiger partial charge on any atom is -0.378 e. The van der Waals surface area contributed by atoms with E-state index in [0.717, 1.165) is 24.5 Å². The van der Waals surface area contributed by atoms with Gasteiger partial charge in [-0.25, -0.2) is 22.2 Å². The largest absolute Gasteiger partial charge is 0.429 e. The van der Waals surface area contributed by atoms with Crippen molar-refractivity contribution in [1.82, 2.24) is 20.1 Å². The second kappa shape index (κ2) is 14.6. The van der Waals surface area contributed by atoms with Crippen LogP contribution < -0.4 is 10.0 Å². The summed E-state index contributed by atoms with van der Waals surface area (Å²) in [4.78, 5) is 21.8. The molecule has 2 heterocycles. The zero-order valence-corrected chi connectivity index (χ0v) is 31.7. The number of aliphatic hydroxyl groups is 1. The lowest BCUT2D eigenvalue weighted by atomic mass is 9.94. The van der Waals surface area contributed by atoms with Crippen molar-refractivity contribution >= 4 is 67.4 Å². The quantitative estimate of drug-likeness (QED) is 0.0844. The summed E-state index contributed by atoms with van der Waals surface area (Å²) in [6, 6.07) is 8.21. The van der Waals surface area contributed by atoms with Gasteiger partial charge in [0.25, 0.3) is 5.92 Å². The number of rotatable bonds is 9. The number of carbonyl (C=O) groups is 1. The van der Waals surface area contributed by atoms with Gasteiger partial charge < -0.3 is 10.4 Å². The van der Waals surface area contributed by atoms with Crippen LogP contribution >= 0.6 is 11.6 Å². The van der Waals surface area contributed by atoms with Gasteiger partial charge in [0.15, 0.2) is 5.82 Å².